The van der Waals surface area contributed by atoms with Gasteiger partial charge < -0.3 is 9.47 Å². The van der Waals surface area contributed by atoms with E-state index in [2.05, 4.69) is 29.3 Å². The highest BCUT2D eigenvalue weighted by Crippen LogP contribution is 2.29. The van der Waals surface area contributed by atoms with Crippen molar-refractivity contribution in [2.75, 3.05) is 7.11 Å². The molecule has 0 unspecified atom stereocenters. The summed E-state index contributed by atoms with van der Waals surface area (Å²) in [7, 11) is 1.61. The summed E-state index contributed by atoms with van der Waals surface area (Å²) in [6.45, 7) is 2.50. The largest absolute Gasteiger partial charge is 0.493 e. The number of fused-ring (bicyclic) bond motifs is 1. The summed E-state index contributed by atoms with van der Waals surface area (Å²) in [5.74, 6) is 1.80. The third-order valence-electron chi connectivity index (χ3n) is 5.28. The summed E-state index contributed by atoms with van der Waals surface area (Å²) < 4.78 is 13.6. The molecule has 0 radical (unpaired) electrons. The SMILES string of the molecule is COc1cc(C=c2sc3nnc(-c4ccccc4)n3c2=O)ccc1OCc1ccc(C)cc1. The molecule has 0 aliphatic rings. The first-order chi connectivity index (χ1) is 16.1. The average molecular weight is 456 g/mol. The molecule has 6 nitrogen and oxygen atoms in total. The second-order valence-corrected chi connectivity index (χ2v) is 8.62. The lowest BCUT2D eigenvalue weighted by Crippen LogP contribution is -2.23. The Kier molecular flexibility index (Phi) is 5.62. The van der Waals surface area contributed by atoms with Crippen LogP contribution in [-0.4, -0.2) is 21.7 Å². The highest BCUT2D eigenvalue weighted by atomic mass is 32.1. The maximum absolute atomic E-state index is 13.1. The molecule has 0 bridgehead atoms. The van der Waals surface area contributed by atoms with Crippen molar-refractivity contribution in [2.45, 2.75) is 13.5 Å². The van der Waals surface area contributed by atoms with Crippen LogP contribution in [0.5, 0.6) is 11.5 Å². The van der Waals surface area contributed by atoms with Crippen LogP contribution in [0.2, 0.25) is 0 Å². The molecule has 2 heterocycles. The molecule has 0 spiro atoms. The van der Waals surface area contributed by atoms with Crippen molar-refractivity contribution >= 4 is 22.4 Å². The zero-order valence-electron chi connectivity index (χ0n) is 18.2. The molecule has 5 rings (SSSR count). The van der Waals surface area contributed by atoms with Crippen LogP contribution in [0.1, 0.15) is 16.7 Å². The van der Waals surface area contributed by atoms with Gasteiger partial charge in [-0.25, -0.2) is 4.40 Å². The molecule has 0 aliphatic carbocycles. The van der Waals surface area contributed by atoms with E-state index >= 15 is 0 Å². The number of benzene rings is 3. The van der Waals surface area contributed by atoms with E-state index in [1.165, 1.54) is 16.9 Å². The van der Waals surface area contributed by atoms with Crippen molar-refractivity contribution in [3.05, 3.63) is 104 Å². The lowest BCUT2D eigenvalue weighted by Gasteiger charge is -2.11. The van der Waals surface area contributed by atoms with Crippen molar-refractivity contribution in [3.8, 4) is 22.9 Å². The summed E-state index contributed by atoms with van der Waals surface area (Å²) in [4.78, 5) is 13.7. The van der Waals surface area contributed by atoms with Gasteiger partial charge in [-0.15, -0.1) is 10.2 Å². The molecule has 0 amide bonds. The Morgan fingerprint density at radius 3 is 2.52 bits per heavy atom. The lowest BCUT2D eigenvalue weighted by molar-refractivity contribution is 0.284. The van der Waals surface area contributed by atoms with E-state index in [0.717, 1.165) is 16.7 Å². The number of rotatable bonds is 6. The van der Waals surface area contributed by atoms with Gasteiger partial charge in [0.1, 0.15) is 6.61 Å². The Hall–Kier alpha value is -3.97. The summed E-state index contributed by atoms with van der Waals surface area (Å²) in [5.41, 5.74) is 3.84. The Morgan fingerprint density at radius 1 is 0.970 bits per heavy atom. The molecule has 0 fully saturated rings. The second kappa shape index (κ2) is 8.88. The molecule has 164 valence electrons. The van der Waals surface area contributed by atoms with E-state index < -0.39 is 0 Å². The maximum Gasteiger partial charge on any atom is 0.276 e. The Morgan fingerprint density at radius 2 is 1.76 bits per heavy atom. The maximum atomic E-state index is 13.1. The normalized spacial score (nSPS) is 11.8. The number of thiazole rings is 1. The Bertz CT molecular complexity index is 1520. The van der Waals surface area contributed by atoms with Gasteiger partial charge in [0.05, 0.1) is 11.6 Å². The smallest absolute Gasteiger partial charge is 0.276 e. The Balaban J connectivity index is 1.45. The molecular formula is C26H21N3O3S. The molecule has 0 saturated heterocycles. The van der Waals surface area contributed by atoms with E-state index in [1.807, 2.05) is 66.7 Å². The van der Waals surface area contributed by atoms with Crippen LogP contribution in [0.25, 0.3) is 22.4 Å². The summed E-state index contributed by atoms with van der Waals surface area (Å²) in [5, 5.41) is 8.39. The van der Waals surface area contributed by atoms with Crippen molar-refractivity contribution in [2.24, 2.45) is 0 Å². The zero-order chi connectivity index (χ0) is 22.8. The summed E-state index contributed by atoms with van der Waals surface area (Å²) in [6.07, 6.45) is 1.84. The zero-order valence-corrected chi connectivity index (χ0v) is 19.0. The highest BCUT2D eigenvalue weighted by Gasteiger charge is 2.14. The van der Waals surface area contributed by atoms with Crippen LogP contribution < -0.4 is 19.6 Å². The summed E-state index contributed by atoms with van der Waals surface area (Å²) in [6, 6.07) is 23.4. The van der Waals surface area contributed by atoms with Gasteiger partial charge in [-0.2, -0.15) is 0 Å². The average Bonchev–Trinajstić information content (AvgIpc) is 3.40. The van der Waals surface area contributed by atoms with Gasteiger partial charge >= 0.3 is 0 Å². The minimum Gasteiger partial charge on any atom is -0.493 e. The standard InChI is InChI=1S/C26H21N3O3S/c1-17-8-10-18(11-9-17)16-32-21-13-12-19(14-22(21)31-2)15-23-25(30)29-24(27-28-26(29)33-23)20-6-4-3-5-7-20/h3-15H,16H2,1-2H3. The highest BCUT2D eigenvalue weighted by molar-refractivity contribution is 7.15. The molecule has 7 heteroatoms. The Labute approximate surface area is 194 Å². The van der Waals surface area contributed by atoms with E-state index in [4.69, 9.17) is 9.47 Å². The van der Waals surface area contributed by atoms with Crippen molar-refractivity contribution in [3.63, 3.8) is 0 Å². The van der Waals surface area contributed by atoms with Gasteiger partial charge in [-0.1, -0.05) is 77.6 Å². The molecule has 33 heavy (non-hydrogen) atoms. The molecule has 0 N–H and O–H groups in total. The molecule has 3 aromatic carbocycles. The van der Waals surface area contributed by atoms with E-state index in [0.29, 0.717) is 33.4 Å². The van der Waals surface area contributed by atoms with Gasteiger partial charge in [0.2, 0.25) is 4.96 Å². The van der Waals surface area contributed by atoms with Gasteiger partial charge in [0.15, 0.2) is 17.3 Å². The minimum atomic E-state index is -0.141. The van der Waals surface area contributed by atoms with E-state index in [1.54, 1.807) is 11.5 Å². The molecular weight excluding hydrogens is 434 g/mol. The molecule has 5 aromatic rings. The molecule has 0 aliphatic heterocycles. The number of hydrogen-bond acceptors (Lipinski definition) is 6. The van der Waals surface area contributed by atoms with E-state index in [-0.39, 0.29) is 5.56 Å². The first-order valence-electron chi connectivity index (χ1n) is 10.4. The second-order valence-electron chi connectivity index (χ2n) is 7.61. The number of hydrogen-bond donors (Lipinski definition) is 0. The number of nitrogens with zero attached hydrogens (tertiary/aromatic N) is 3. The first kappa shape index (κ1) is 20.9. The number of aromatic nitrogens is 3. The monoisotopic (exact) mass is 455 g/mol. The van der Waals surface area contributed by atoms with Gasteiger partial charge in [0.25, 0.3) is 5.56 Å². The number of ether oxygens (including phenoxy) is 2. The predicted octanol–water partition coefficient (Wildman–Crippen LogP) is 4.26. The fraction of sp³-hybridized carbons (Fsp3) is 0.115. The number of aryl methyl sites for hydroxylation is 1. The third-order valence-corrected chi connectivity index (χ3v) is 6.24. The first-order valence-corrected chi connectivity index (χ1v) is 11.3. The quantitative estimate of drug-likeness (QED) is 0.383. The number of methoxy groups -OCH3 is 1. The van der Waals surface area contributed by atoms with Gasteiger partial charge in [0, 0.05) is 5.56 Å². The summed E-state index contributed by atoms with van der Waals surface area (Å²) >= 11 is 1.31. The minimum absolute atomic E-state index is 0.141. The van der Waals surface area contributed by atoms with Crippen LogP contribution in [0.3, 0.4) is 0 Å². The van der Waals surface area contributed by atoms with Crippen molar-refractivity contribution in [1.82, 2.24) is 14.6 Å². The van der Waals surface area contributed by atoms with Crippen LogP contribution in [0, 0.1) is 6.92 Å². The molecule has 0 saturated carbocycles. The van der Waals surface area contributed by atoms with Gasteiger partial charge in [-0.05, 0) is 36.3 Å². The van der Waals surface area contributed by atoms with Gasteiger partial charge in [-0.3, -0.25) is 4.79 Å². The molecule has 0 atom stereocenters. The van der Waals surface area contributed by atoms with Crippen LogP contribution in [-0.2, 0) is 6.61 Å². The predicted molar refractivity (Wildman–Crippen MR) is 130 cm³/mol. The topological polar surface area (TPSA) is 65.7 Å². The molecule has 2 aromatic heterocycles. The van der Waals surface area contributed by atoms with Crippen molar-refractivity contribution in [1.29, 1.82) is 0 Å². The fourth-order valence-electron chi connectivity index (χ4n) is 3.53. The van der Waals surface area contributed by atoms with Crippen LogP contribution in [0.4, 0.5) is 0 Å². The van der Waals surface area contributed by atoms with Crippen LogP contribution in [0.15, 0.2) is 77.6 Å². The third kappa shape index (κ3) is 4.23. The lowest BCUT2D eigenvalue weighted by atomic mass is 10.1. The van der Waals surface area contributed by atoms with Crippen LogP contribution >= 0.6 is 11.3 Å². The van der Waals surface area contributed by atoms with Crippen molar-refractivity contribution < 1.29 is 9.47 Å². The fourth-order valence-corrected chi connectivity index (χ4v) is 4.44. The van der Waals surface area contributed by atoms with E-state index in [9.17, 15) is 4.79 Å².